The zero-order chi connectivity index (χ0) is 12.2. The minimum atomic E-state index is -4.33. The van der Waals surface area contributed by atoms with Gasteiger partial charge >= 0.3 is 6.18 Å². The van der Waals surface area contributed by atoms with Crippen LogP contribution in [0.1, 0.15) is 11.1 Å². The van der Waals surface area contributed by atoms with Crippen molar-refractivity contribution in [3.63, 3.8) is 0 Å². The van der Waals surface area contributed by atoms with E-state index in [0.29, 0.717) is 25.2 Å². The Morgan fingerprint density at radius 2 is 2.00 bits per heavy atom. The molecule has 0 radical (unpaired) electrons. The maximum absolute atomic E-state index is 12.5. The van der Waals surface area contributed by atoms with E-state index in [2.05, 4.69) is 21.2 Å². The summed E-state index contributed by atoms with van der Waals surface area (Å²) in [4.78, 5) is 0. The van der Waals surface area contributed by atoms with Crippen LogP contribution in [0.4, 0.5) is 13.2 Å². The normalized spacial score (nSPS) is 11.8. The lowest BCUT2D eigenvalue weighted by Crippen LogP contribution is -2.22. The fourth-order valence-corrected chi connectivity index (χ4v) is 1.71. The van der Waals surface area contributed by atoms with Crippen molar-refractivity contribution < 1.29 is 13.2 Å². The Labute approximate surface area is 100 Å². The molecule has 2 nitrogen and oxygen atoms in total. The molecular weight excluding hydrogens is 285 g/mol. The number of rotatable bonds is 4. The summed E-state index contributed by atoms with van der Waals surface area (Å²) in [6.07, 6.45) is -4.33. The number of hydrogen-bond donors (Lipinski definition) is 2. The van der Waals surface area contributed by atoms with Gasteiger partial charge in [0.05, 0.1) is 5.56 Å². The third kappa shape index (κ3) is 3.77. The van der Waals surface area contributed by atoms with Crippen LogP contribution in [-0.2, 0) is 12.7 Å². The Balaban J connectivity index is 2.82. The monoisotopic (exact) mass is 296 g/mol. The molecule has 0 heterocycles. The Bertz CT molecular complexity index is 352. The van der Waals surface area contributed by atoms with E-state index >= 15 is 0 Å². The number of hydrogen-bond acceptors (Lipinski definition) is 2. The lowest BCUT2D eigenvalue weighted by atomic mass is 10.1. The van der Waals surface area contributed by atoms with E-state index in [-0.39, 0.29) is 4.47 Å². The second kappa shape index (κ2) is 5.65. The standard InChI is InChI=1S/C10H12BrF3N2/c11-9-2-1-7(6-16-4-3-15)5-8(9)10(12,13)14/h1-2,5,16H,3-4,6,15H2. The molecule has 0 saturated heterocycles. The molecule has 0 aromatic heterocycles. The molecule has 1 aromatic carbocycles. The Morgan fingerprint density at radius 1 is 1.31 bits per heavy atom. The minimum absolute atomic E-state index is 0.0579. The summed E-state index contributed by atoms with van der Waals surface area (Å²) >= 11 is 2.89. The van der Waals surface area contributed by atoms with E-state index in [1.165, 1.54) is 6.07 Å². The average molecular weight is 297 g/mol. The highest BCUT2D eigenvalue weighted by Gasteiger charge is 2.32. The van der Waals surface area contributed by atoms with Crippen LogP contribution in [0.3, 0.4) is 0 Å². The second-order valence-electron chi connectivity index (χ2n) is 3.28. The fraction of sp³-hybridized carbons (Fsp3) is 0.400. The molecule has 0 spiro atoms. The first-order chi connectivity index (χ1) is 7.45. The Hall–Kier alpha value is -0.590. The minimum Gasteiger partial charge on any atom is -0.329 e. The molecule has 1 rings (SSSR count). The topological polar surface area (TPSA) is 38.0 Å². The van der Waals surface area contributed by atoms with Crippen LogP contribution in [0.2, 0.25) is 0 Å². The molecule has 0 amide bonds. The zero-order valence-corrected chi connectivity index (χ0v) is 10.0. The van der Waals surface area contributed by atoms with Gasteiger partial charge in [0, 0.05) is 24.1 Å². The largest absolute Gasteiger partial charge is 0.417 e. The van der Waals surface area contributed by atoms with E-state index in [1.54, 1.807) is 6.07 Å². The zero-order valence-electron chi connectivity index (χ0n) is 8.44. The summed E-state index contributed by atoms with van der Waals surface area (Å²) in [5.41, 5.74) is 5.20. The van der Waals surface area contributed by atoms with Crippen molar-refractivity contribution >= 4 is 15.9 Å². The van der Waals surface area contributed by atoms with Gasteiger partial charge in [-0.3, -0.25) is 0 Å². The van der Waals surface area contributed by atoms with Crippen molar-refractivity contribution in [3.8, 4) is 0 Å². The van der Waals surface area contributed by atoms with Gasteiger partial charge in [-0.2, -0.15) is 13.2 Å². The van der Waals surface area contributed by atoms with Gasteiger partial charge in [-0.25, -0.2) is 0 Å². The molecule has 0 bridgehead atoms. The fourth-order valence-electron chi connectivity index (χ4n) is 1.23. The second-order valence-corrected chi connectivity index (χ2v) is 4.13. The first-order valence-electron chi connectivity index (χ1n) is 4.71. The molecule has 16 heavy (non-hydrogen) atoms. The van der Waals surface area contributed by atoms with Crippen LogP contribution in [-0.4, -0.2) is 13.1 Å². The van der Waals surface area contributed by atoms with Gasteiger partial charge in [0.15, 0.2) is 0 Å². The number of alkyl halides is 3. The summed E-state index contributed by atoms with van der Waals surface area (Å²) in [6.45, 7) is 1.42. The quantitative estimate of drug-likeness (QED) is 0.838. The molecule has 0 fully saturated rings. The highest BCUT2D eigenvalue weighted by Crippen LogP contribution is 2.35. The highest BCUT2D eigenvalue weighted by atomic mass is 79.9. The maximum Gasteiger partial charge on any atom is 0.417 e. The third-order valence-electron chi connectivity index (χ3n) is 1.99. The van der Waals surface area contributed by atoms with Gasteiger partial charge < -0.3 is 11.1 Å². The lowest BCUT2D eigenvalue weighted by molar-refractivity contribution is -0.138. The number of benzene rings is 1. The van der Waals surface area contributed by atoms with Crippen molar-refractivity contribution in [2.45, 2.75) is 12.7 Å². The Kier molecular flexibility index (Phi) is 4.76. The van der Waals surface area contributed by atoms with Gasteiger partial charge in [-0.15, -0.1) is 0 Å². The number of nitrogens with two attached hydrogens (primary N) is 1. The smallest absolute Gasteiger partial charge is 0.329 e. The van der Waals surface area contributed by atoms with E-state index in [4.69, 9.17) is 5.73 Å². The molecule has 0 saturated carbocycles. The predicted octanol–water partition coefficient (Wildman–Crippen LogP) is 2.52. The summed E-state index contributed by atoms with van der Waals surface area (Å²) in [5, 5.41) is 2.94. The first kappa shape index (κ1) is 13.5. The molecule has 0 aliphatic rings. The molecule has 90 valence electrons. The van der Waals surface area contributed by atoms with Crippen molar-refractivity contribution in [2.75, 3.05) is 13.1 Å². The van der Waals surface area contributed by atoms with Crippen molar-refractivity contribution in [1.29, 1.82) is 0 Å². The van der Waals surface area contributed by atoms with Gasteiger partial charge in [0.2, 0.25) is 0 Å². The maximum atomic E-state index is 12.5. The summed E-state index contributed by atoms with van der Waals surface area (Å²) < 4.78 is 37.7. The van der Waals surface area contributed by atoms with Crippen LogP contribution in [0.15, 0.2) is 22.7 Å². The van der Waals surface area contributed by atoms with Crippen LogP contribution >= 0.6 is 15.9 Å². The molecular formula is C10H12BrF3N2. The molecule has 1 aromatic rings. The summed E-state index contributed by atoms with van der Waals surface area (Å²) in [6, 6.07) is 4.18. The molecule has 3 N–H and O–H groups in total. The molecule has 6 heteroatoms. The van der Waals surface area contributed by atoms with Gasteiger partial charge in [0.25, 0.3) is 0 Å². The lowest BCUT2D eigenvalue weighted by Gasteiger charge is -2.11. The van der Waals surface area contributed by atoms with Crippen LogP contribution in [0.5, 0.6) is 0 Å². The number of halogens is 4. The average Bonchev–Trinajstić information content (AvgIpc) is 2.19. The van der Waals surface area contributed by atoms with E-state index in [0.717, 1.165) is 6.07 Å². The van der Waals surface area contributed by atoms with Crippen molar-refractivity contribution in [3.05, 3.63) is 33.8 Å². The number of nitrogens with one attached hydrogen (secondary N) is 1. The Morgan fingerprint density at radius 3 is 2.56 bits per heavy atom. The van der Waals surface area contributed by atoms with Crippen LogP contribution in [0.25, 0.3) is 0 Å². The van der Waals surface area contributed by atoms with Crippen molar-refractivity contribution in [2.24, 2.45) is 5.73 Å². The molecule has 0 atom stereocenters. The SMILES string of the molecule is NCCNCc1ccc(Br)c(C(F)(F)F)c1. The van der Waals surface area contributed by atoms with Crippen molar-refractivity contribution in [1.82, 2.24) is 5.32 Å². The molecule has 0 unspecified atom stereocenters. The van der Waals surface area contributed by atoms with Crippen LogP contribution in [0, 0.1) is 0 Å². The van der Waals surface area contributed by atoms with E-state index < -0.39 is 11.7 Å². The molecule has 0 aliphatic carbocycles. The highest BCUT2D eigenvalue weighted by molar-refractivity contribution is 9.10. The van der Waals surface area contributed by atoms with E-state index in [1.807, 2.05) is 0 Å². The van der Waals surface area contributed by atoms with Gasteiger partial charge in [0.1, 0.15) is 0 Å². The molecule has 0 aliphatic heterocycles. The van der Waals surface area contributed by atoms with Gasteiger partial charge in [-0.05, 0) is 17.7 Å². The van der Waals surface area contributed by atoms with Crippen LogP contribution < -0.4 is 11.1 Å². The first-order valence-corrected chi connectivity index (χ1v) is 5.51. The van der Waals surface area contributed by atoms with Gasteiger partial charge in [-0.1, -0.05) is 22.0 Å². The predicted molar refractivity (Wildman–Crippen MR) is 59.9 cm³/mol. The van der Waals surface area contributed by atoms with E-state index in [9.17, 15) is 13.2 Å². The third-order valence-corrected chi connectivity index (χ3v) is 2.68. The summed E-state index contributed by atoms with van der Waals surface area (Å²) in [5.74, 6) is 0. The summed E-state index contributed by atoms with van der Waals surface area (Å²) in [7, 11) is 0.